The predicted octanol–water partition coefficient (Wildman–Crippen LogP) is 5.28. The molecule has 0 bridgehead atoms. The molecule has 4 rings (SSSR count). The van der Waals surface area contributed by atoms with Crippen molar-refractivity contribution >= 4 is 58.1 Å². The van der Waals surface area contributed by atoms with Crippen LogP contribution in [-0.2, 0) is 4.79 Å². The lowest BCUT2D eigenvalue weighted by Gasteiger charge is -2.34. The van der Waals surface area contributed by atoms with Gasteiger partial charge in [0, 0.05) is 65.8 Å². The van der Waals surface area contributed by atoms with Gasteiger partial charge in [0.25, 0.3) is 5.22 Å². The summed E-state index contributed by atoms with van der Waals surface area (Å²) in [6.45, 7) is 15.6. The van der Waals surface area contributed by atoms with E-state index in [0.717, 1.165) is 65.4 Å². The summed E-state index contributed by atoms with van der Waals surface area (Å²) in [6, 6.07) is 5.82. The van der Waals surface area contributed by atoms with E-state index in [1.807, 2.05) is 19.1 Å². The van der Waals surface area contributed by atoms with E-state index in [0.29, 0.717) is 27.9 Å². The molecule has 0 aromatic carbocycles. The molecule has 0 unspecified atom stereocenters. The van der Waals surface area contributed by atoms with Crippen molar-refractivity contribution < 1.29 is 9.21 Å². The van der Waals surface area contributed by atoms with Gasteiger partial charge in [0.15, 0.2) is 11.2 Å². The van der Waals surface area contributed by atoms with E-state index < -0.39 is 0 Å². The van der Waals surface area contributed by atoms with Gasteiger partial charge in [-0.3, -0.25) is 14.6 Å². The minimum Gasteiger partial charge on any atom is -0.430 e. The van der Waals surface area contributed by atoms with Crippen LogP contribution in [0.4, 0.5) is 5.69 Å². The standard InChI is InChI=1S/C26H36N6O2S3/c1-17(2)36-21-15-19(5)28-25(37-18(3)4)23(21)29-22(33)16-32-11-9-31(10-12-32)13-14-35-26-30-24-20(34-26)7-6-8-27-24/h6-8,15,17-18H,9-14,16H2,1-5H3,(H,29,33). The van der Waals surface area contributed by atoms with Gasteiger partial charge < -0.3 is 9.73 Å². The van der Waals surface area contributed by atoms with Crippen molar-refractivity contribution in [3.63, 3.8) is 0 Å². The van der Waals surface area contributed by atoms with E-state index in [1.54, 1.807) is 41.5 Å². The molecule has 200 valence electrons. The molecule has 1 fully saturated rings. The molecule has 3 aromatic heterocycles. The maximum Gasteiger partial charge on any atom is 0.258 e. The normalized spacial score (nSPS) is 15.2. The van der Waals surface area contributed by atoms with Crippen molar-refractivity contribution in [2.24, 2.45) is 0 Å². The van der Waals surface area contributed by atoms with Crippen molar-refractivity contribution in [3.8, 4) is 0 Å². The van der Waals surface area contributed by atoms with Crippen LogP contribution in [0.15, 0.2) is 44.0 Å². The van der Waals surface area contributed by atoms with Crippen LogP contribution in [0.3, 0.4) is 0 Å². The number of nitrogens with zero attached hydrogens (tertiary/aromatic N) is 5. The number of carbonyl (C=O) groups is 1. The molecule has 0 atom stereocenters. The predicted molar refractivity (Wildman–Crippen MR) is 155 cm³/mol. The first-order valence-corrected chi connectivity index (χ1v) is 15.4. The number of thioether (sulfide) groups is 3. The second kappa shape index (κ2) is 13.3. The summed E-state index contributed by atoms with van der Waals surface area (Å²) in [7, 11) is 0. The van der Waals surface area contributed by atoms with Crippen LogP contribution in [0, 0.1) is 6.92 Å². The van der Waals surface area contributed by atoms with Gasteiger partial charge in [0.1, 0.15) is 5.03 Å². The summed E-state index contributed by atoms with van der Waals surface area (Å²) >= 11 is 5.09. The number of amides is 1. The minimum atomic E-state index is 0.0236. The number of aryl methyl sites for hydroxylation is 1. The zero-order valence-electron chi connectivity index (χ0n) is 22.2. The van der Waals surface area contributed by atoms with E-state index in [1.165, 1.54) is 0 Å². The van der Waals surface area contributed by atoms with Gasteiger partial charge in [-0.25, -0.2) is 9.97 Å². The van der Waals surface area contributed by atoms with Crippen LogP contribution < -0.4 is 5.32 Å². The summed E-state index contributed by atoms with van der Waals surface area (Å²) in [4.78, 5) is 32.3. The van der Waals surface area contributed by atoms with Gasteiger partial charge in [-0.15, -0.1) is 23.5 Å². The zero-order valence-corrected chi connectivity index (χ0v) is 24.6. The molecule has 11 heteroatoms. The maximum atomic E-state index is 13.1. The second-order valence-electron chi connectivity index (χ2n) is 9.59. The minimum absolute atomic E-state index is 0.0236. The first kappa shape index (κ1) is 28.2. The third-order valence-electron chi connectivity index (χ3n) is 5.66. The average Bonchev–Trinajstić information content (AvgIpc) is 3.24. The summed E-state index contributed by atoms with van der Waals surface area (Å²) in [5, 5.41) is 5.59. The summed E-state index contributed by atoms with van der Waals surface area (Å²) in [5.41, 5.74) is 3.22. The van der Waals surface area contributed by atoms with Crippen LogP contribution in [0.2, 0.25) is 0 Å². The number of fused-ring (bicyclic) bond motifs is 1. The molecule has 1 aliphatic rings. The largest absolute Gasteiger partial charge is 0.430 e. The number of nitrogens with one attached hydrogen (secondary N) is 1. The summed E-state index contributed by atoms with van der Waals surface area (Å²) in [5.74, 6) is 0.927. The molecule has 1 amide bonds. The Hall–Kier alpha value is -1.79. The van der Waals surface area contributed by atoms with Crippen LogP contribution in [0.5, 0.6) is 0 Å². The Bertz CT molecular complexity index is 1130. The first-order valence-electron chi connectivity index (χ1n) is 12.7. The smallest absolute Gasteiger partial charge is 0.258 e. The Labute approximate surface area is 232 Å². The van der Waals surface area contributed by atoms with Crippen molar-refractivity contribution in [1.82, 2.24) is 24.8 Å². The molecule has 0 aliphatic carbocycles. The number of hydrogen-bond acceptors (Lipinski definition) is 10. The van der Waals surface area contributed by atoms with Crippen molar-refractivity contribution in [1.29, 1.82) is 0 Å². The lowest BCUT2D eigenvalue weighted by atomic mass is 10.3. The number of piperazine rings is 1. The molecule has 37 heavy (non-hydrogen) atoms. The van der Waals surface area contributed by atoms with Crippen LogP contribution in [-0.4, -0.2) is 86.2 Å². The first-order chi connectivity index (χ1) is 17.8. The fourth-order valence-electron chi connectivity index (χ4n) is 4.01. The molecule has 1 N–H and O–H groups in total. The van der Waals surface area contributed by atoms with Gasteiger partial charge >= 0.3 is 0 Å². The van der Waals surface area contributed by atoms with E-state index in [9.17, 15) is 4.79 Å². The van der Waals surface area contributed by atoms with Crippen LogP contribution in [0.25, 0.3) is 11.2 Å². The highest BCUT2D eigenvalue weighted by molar-refractivity contribution is 8.01. The lowest BCUT2D eigenvalue weighted by Crippen LogP contribution is -2.49. The van der Waals surface area contributed by atoms with Gasteiger partial charge in [-0.2, -0.15) is 4.98 Å². The van der Waals surface area contributed by atoms with E-state index in [4.69, 9.17) is 9.40 Å². The van der Waals surface area contributed by atoms with Crippen LogP contribution in [0.1, 0.15) is 33.4 Å². The Morgan fingerprint density at radius 1 is 1.08 bits per heavy atom. The second-order valence-corrected chi connectivity index (χ2v) is 13.8. The molecule has 0 saturated carbocycles. The molecule has 4 heterocycles. The maximum absolute atomic E-state index is 13.1. The Morgan fingerprint density at radius 3 is 2.51 bits per heavy atom. The molecule has 0 spiro atoms. The Balaban J connectivity index is 1.26. The zero-order chi connectivity index (χ0) is 26.4. The molecule has 0 radical (unpaired) electrons. The van der Waals surface area contributed by atoms with Gasteiger partial charge in [-0.1, -0.05) is 39.5 Å². The van der Waals surface area contributed by atoms with Crippen LogP contribution >= 0.6 is 35.3 Å². The SMILES string of the molecule is Cc1cc(SC(C)C)c(NC(=O)CN2CCN(CCSc3nc4ncccc4o3)CC2)c(SC(C)C)n1. The van der Waals surface area contributed by atoms with E-state index >= 15 is 0 Å². The third-order valence-corrected chi connectivity index (χ3v) is 8.51. The number of hydrogen-bond donors (Lipinski definition) is 1. The Kier molecular flexibility index (Phi) is 10.2. The van der Waals surface area contributed by atoms with Gasteiger partial charge in [-0.05, 0) is 25.1 Å². The number of anilines is 1. The summed E-state index contributed by atoms with van der Waals surface area (Å²) in [6.07, 6.45) is 1.73. The lowest BCUT2D eigenvalue weighted by molar-refractivity contribution is -0.117. The number of rotatable bonds is 11. The highest BCUT2D eigenvalue weighted by atomic mass is 32.2. The number of pyridine rings is 2. The highest BCUT2D eigenvalue weighted by Gasteiger charge is 2.22. The molecule has 1 aliphatic heterocycles. The molecule has 1 saturated heterocycles. The van der Waals surface area contributed by atoms with E-state index in [-0.39, 0.29) is 5.91 Å². The van der Waals surface area contributed by atoms with Gasteiger partial charge in [0.2, 0.25) is 5.91 Å². The topological polar surface area (TPSA) is 87.4 Å². The number of oxazole rings is 1. The molecule has 8 nitrogen and oxygen atoms in total. The quantitative estimate of drug-likeness (QED) is 0.313. The highest BCUT2D eigenvalue weighted by Crippen LogP contribution is 2.38. The van der Waals surface area contributed by atoms with Crippen molar-refractivity contribution in [3.05, 3.63) is 30.1 Å². The monoisotopic (exact) mass is 560 g/mol. The average molecular weight is 561 g/mol. The summed E-state index contributed by atoms with van der Waals surface area (Å²) < 4.78 is 5.74. The fraction of sp³-hybridized carbons (Fsp3) is 0.538. The number of aromatic nitrogens is 3. The van der Waals surface area contributed by atoms with Crippen molar-refractivity contribution in [2.75, 3.05) is 50.3 Å². The third kappa shape index (κ3) is 8.35. The molecule has 3 aromatic rings. The molecular formula is C26H36N6O2S3. The van der Waals surface area contributed by atoms with Gasteiger partial charge in [0.05, 0.1) is 12.2 Å². The van der Waals surface area contributed by atoms with E-state index in [2.05, 4.69) is 58.8 Å². The van der Waals surface area contributed by atoms with Crippen molar-refractivity contribution in [2.45, 2.75) is 60.3 Å². The fourth-order valence-corrected chi connectivity index (χ4v) is 6.83. The Morgan fingerprint density at radius 2 is 1.81 bits per heavy atom. The number of carbonyl (C=O) groups excluding carboxylic acids is 1. The molecular weight excluding hydrogens is 525 g/mol.